The minimum absolute atomic E-state index is 0. The van der Waals surface area contributed by atoms with Crippen LogP contribution in [0.15, 0.2) is 47.7 Å². The molecule has 0 bridgehead atoms. The maximum absolute atomic E-state index is 12.1. The van der Waals surface area contributed by atoms with Crippen molar-refractivity contribution in [2.45, 2.75) is 26.8 Å². The summed E-state index contributed by atoms with van der Waals surface area (Å²) in [4.78, 5) is 20.7. The number of aryl methyl sites for hydroxylation is 1. The predicted molar refractivity (Wildman–Crippen MR) is 134 cm³/mol. The number of hydrogen-bond acceptors (Lipinski definition) is 5. The summed E-state index contributed by atoms with van der Waals surface area (Å²) >= 11 is 0. The number of guanidine groups is 1. The van der Waals surface area contributed by atoms with Crippen molar-refractivity contribution in [2.24, 2.45) is 4.99 Å². The number of carbonyl (C=O) groups excluding carboxylic acids is 1. The smallest absolute Gasteiger partial charge is 0.243 e. The van der Waals surface area contributed by atoms with Gasteiger partial charge in [0.2, 0.25) is 5.91 Å². The monoisotopic (exact) mass is 541 g/mol. The quantitative estimate of drug-likeness (QED) is 0.175. The largest absolute Gasteiger partial charge is 0.493 e. The van der Waals surface area contributed by atoms with Crippen LogP contribution in [0.25, 0.3) is 0 Å². The first-order valence-electron chi connectivity index (χ1n) is 10.1. The summed E-state index contributed by atoms with van der Waals surface area (Å²) in [6.07, 6.45) is 4.08. The standard InChI is InChI=1S/C22H31N5O3.HI/c1-4-24-22(26-16-21(28)27-19-7-5-10-23-15-19)25-14-18-9-8-17(2)13-20(18)30-12-6-11-29-3;/h5,7-10,13,15H,4,6,11-12,14,16H2,1-3H3,(H,27,28)(H2,24,25,26);1H. The number of hydrogen-bond donors (Lipinski definition) is 3. The van der Waals surface area contributed by atoms with Gasteiger partial charge in [-0.25, -0.2) is 4.99 Å². The third-order valence-corrected chi connectivity index (χ3v) is 4.09. The van der Waals surface area contributed by atoms with Gasteiger partial charge in [-0.2, -0.15) is 0 Å². The van der Waals surface area contributed by atoms with Crippen molar-refractivity contribution >= 4 is 41.5 Å². The normalized spacial score (nSPS) is 10.7. The highest BCUT2D eigenvalue weighted by Crippen LogP contribution is 2.21. The molecule has 0 radical (unpaired) electrons. The van der Waals surface area contributed by atoms with Gasteiger partial charge in [0.15, 0.2) is 5.96 Å². The molecule has 8 nitrogen and oxygen atoms in total. The van der Waals surface area contributed by atoms with Crippen LogP contribution in [0.5, 0.6) is 5.75 Å². The molecule has 31 heavy (non-hydrogen) atoms. The van der Waals surface area contributed by atoms with Crippen LogP contribution in [0, 0.1) is 6.92 Å². The fraction of sp³-hybridized carbons (Fsp3) is 0.409. The third-order valence-electron chi connectivity index (χ3n) is 4.09. The summed E-state index contributed by atoms with van der Waals surface area (Å²) in [5.74, 6) is 1.20. The highest BCUT2D eigenvalue weighted by Gasteiger charge is 2.07. The SMILES string of the molecule is CCNC(=NCc1ccc(C)cc1OCCCOC)NCC(=O)Nc1cccnc1.I. The number of halogens is 1. The van der Waals surface area contributed by atoms with Crippen LogP contribution in [-0.2, 0) is 16.1 Å². The first-order chi connectivity index (χ1) is 14.6. The van der Waals surface area contributed by atoms with Gasteiger partial charge in [-0.1, -0.05) is 12.1 Å². The molecule has 170 valence electrons. The van der Waals surface area contributed by atoms with Gasteiger partial charge in [0, 0.05) is 38.4 Å². The van der Waals surface area contributed by atoms with Crippen molar-refractivity contribution in [3.8, 4) is 5.75 Å². The Morgan fingerprint density at radius 2 is 2.03 bits per heavy atom. The van der Waals surface area contributed by atoms with E-state index in [9.17, 15) is 4.79 Å². The van der Waals surface area contributed by atoms with E-state index in [0.29, 0.717) is 38.0 Å². The highest BCUT2D eigenvalue weighted by molar-refractivity contribution is 14.0. The second kappa shape index (κ2) is 15.4. The number of nitrogens with zero attached hydrogens (tertiary/aromatic N) is 2. The van der Waals surface area contributed by atoms with Gasteiger partial charge in [-0.3, -0.25) is 9.78 Å². The number of methoxy groups -OCH3 is 1. The number of nitrogens with one attached hydrogen (secondary N) is 3. The molecule has 0 aliphatic rings. The topological polar surface area (TPSA) is 96.9 Å². The second-order valence-electron chi connectivity index (χ2n) is 6.64. The Kier molecular flexibility index (Phi) is 13.2. The summed E-state index contributed by atoms with van der Waals surface area (Å²) in [7, 11) is 1.68. The van der Waals surface area contributed by atoms with Crippen LogP contribution in [0.1, 0.15) is 24.5 Å². The van der Waals surface area contributed by atoms with Gasteiger partial charge < -0.3 is 25.4 Å². The molecule has 0 spiro atoms. The van der Waals surface area contributed by atoms with E-state index < -0.39 is 0 Å². The molecular weight excluding hydrogens is 509 g/mol. The van der Waals surface area contributed by atoms with Crippen LogP contribution in [-0.4, -0.2) is 50.3 Å². The van der Waals surface area contributed by atoms with E-state index in [1.54, 1.807) is 31.6 Å². The van der Waals surface area contributed by atoms with Crippen molar-refractivity contribution in [1.82, 2.24) is 15.6 Å². The Labute approximate surface area is 201 Å². The van der Waals surface area contributed by atoms with E-state index in [2.05, 4.69) is 25.9 Å². The van der Waals surface area contributed by atoms with Crippen LogP contribution in [0.3, 0.4) is 0 Å². The average molecular weight is 541 g/mol. The van der Waals surface area contributed by atoms with Crippen molar-refractivity contribution in [2.75, 3.05) is 38.7 Å². The summed E-state index contributed by atoms with van der Waals surface area (Å²) in [5.41, 5.74) is 2.76. The maximum atomic E-state index is 12.1. The van der Waals surface area contributed by atoms with Gasteiger partial charge in [0.05, 0.1) is 31.6 Å². The van der Waals surface area contributed by atoms with Crippen LogP contribution in [0.4, 0.5) is 5.69 Å². The number of carbonyl (C=O) groups is 1. The summed E-state index contributed by atoms with van der Waals surface area (Å²) in [6, 6.07) is 9.62. The lowest BCUT2D eigenvalue weighted by Crippen LogP contribution is -2.41. The van der Waals surface area contributed by atoms with E-state index in [-0.39, 0.29) is 36.4 Å². The fourth-order valence-corrected chi connectivity index (χ4v) is 2.62. The van der Waals surface area contributed by atoms with Crippen LogP contribution in [0.2, 0.25) is 0 Å². The number of amides is 1. The Balaban J connectivity index is 0.00000480. The Morgan fingerprint density at radius 3 is 2.74 bits per heavy atom. The lowest BCUT2D eigenvalue weighted by Gasteiger charge is -2.14. The van der Waals surface area contributed by atoms with Crippen LogP contribution < -0.4 is 20.7 Å². The second-order valence-corrected chi connectivity index (χ2v) is 6.64. The number of aromatic nitrogens is 1. The van der Waals surface area contributed by atoms with E-state index in [1.165, 1.54) is 0 Å². The number of benzene rings is 1. The molecule has 2 rings (SSSR count). The van der Waals surface area contributed by atoms with E-state index >= 15 is 0 Å². The average Bonchev–Trinajstić information content (AvgIpc) is 2.75. The molecule has 1 aromatic carbocycles. The molecular formula is C22H32IN5O3. The molecule has 1 amide bonds. The molecule has 2 aromatic rings. The predicted octanol–water partition coefficient (Wildman–Crippen LogP) is 3.12. The first-order valence-corrected chi connectivity index (χ1v) is 10.1. The summed E-state index contributed by atoms with van der Waals surface area (Å²) in [6.45, 7) is 6.46. The van der Waals surface area contributed by atoms with Gasteiger partial charge in [-0.15, -0.1) is 24.0 Å². The fourth-order valence-electron chi connectivity index (χ4n) is 2.62. The van der Waals surface area contributed by atoms with Crippen molar-refractivity contribution in [1.29, 1.82) is 0 Å². The van der Waals surface area contributed by atoms with Gasteiger partial charge in [0.25, 0.3) is 0 Å². The zero-order valence-corrected chi connectivity index (χ0v) is 20.6. The Bertz CT molecular complexity index is 818. The number of anilines is 1. The lowest BCUT2D eigenvalue weighted by atomic mass is 10.1. The number of ether oxygens (including phenoxy) is 2. The minimum Gasteiger partial charge on any atom is -0.493 e. The van der Waals surface area contributed by atoms with Crippen LogP contribution >= 0.6 is 24.0 Å². The number of aliphatic imine (C=N–C) groups is 1. The van der Waals surface area contributed by atoms with Gasteiger partial charge in [0.1, 0.15) is 5.75 Å². The number of rotatable bonds is 11. The lowest BCUT2D eigenvalue weighted by molar-refractivity contribution is -0.115. The molecule has 0 atom stereocenters. The molecule has 1 heterocycles. The summed E-state index contributed by atoms with van der Waals surface area (Å²) in [5, 5.41) is 8.99. The van der Waals surface area contributed by atoms with Crippen molar-refractivity contribution in [3.63, 3.8) is 0 Å². The zero-order valence-electron chi connectivity index (χ0n) is 18.3. The highest BCUT2D eigenvalue weighted by atomic mass is 127. The first kappa shape index (κ1) is 26.6. The molecule has 0 unspecified atom stereocenters. The maximum Gasteiger partial charge on any atom is 0.243 e. The Hall–Kier alpha value is -2.40. The molecule has 0 saturated heterocycles. The van der Waals surface area contributed by atoms with Crippen molar-refractivity contribution in [3.05, 3.63) is 53.9 Å². The van der Waals surface area contributed by atoms with Gasteiger partial charge in [-0.05, 0) is 37.6 Å². The molecule has 0 aliphatic carbocycles. The van der Waals surface area contributed by atoms with Gasteiger partial charge >= 0.3 is 0 Å². The Morgan fingerprint density at radius 1 is 1.19 bits per heavy atom. The number of pyridine rings is 1. The van der Waals surface area contributed by atoms with Crippen molar-refractivity contribution < 1.29 is 14.3 Å². The molecule has 0 saturated carbocycles. The zero-order chi connectivity index (χ0) is 21.6. The van der Waals surface area contributed by atoms with E-state index in [0.717, 1.165) is 23.3 Å². The molecule has 0 fully saturated rings. The minimum atomic E-state index is -0.175. The molecule has 0 aliphatic heterocycles. The molecule has 3 N–H and O–H groups in total. The third kappa shape index (κ3) is 10.5. The van der Waals surface area contributed by atoms with E-state index in [1.807, 2.05) is 32.0 Å². The van der Waals surface area contributed by atoms with E-state index in [4.69, 9.17) is 9.47 Å². The summed E-state index contributed by atoms with van der Waals surface area (Å²) < 4.78 is 11.0. The molecule has 9 heteroatoms. The molecule has 1 aromatic heterocycles.